The molecule has 0 bridgehead atoms. The topological polar surface area (TPSA) is 84.2 Å². The van der Waals surface area contributed by atoms with Crippen LogP contribution in [0, 0.1) is 6.92 Å². The quantitative estimate of drug-likeness (QED) is 0.303. The molecule has 0 saturated heterocycles. The zero-order valence-electron chi connectivity index (χ0n) is 9.24. The van der Waals surface area contributed by atoms with Crippen LogP contribution in [-0.4, -0.2) is 17.9 Å². The van der Waals surface area contributed by atoms with E-state index in [-0.39, 0.29) is 6.04 Å². The maximum absolute atomic E-state index is 11.2. The molecular weight excluding hydrogens is 226 g/mol. The van der Waals surface area contributed by atoms with Gasteiger partial charge in [0.1, 0.15) is 0 Å². The van der Waals surface area contributed by atoms with Crippen molar-refractivity contribution in [3.8, 4) is 0 Å². The first kappa shape index (κ1) is 12.7. The molecule has 4 N–H and O–H groups in total. The monoisotopic (exact) mass is 241 g/mol. The van der Waals surface area contributed by atoms with Crippen molar-refractivity contribution in [2.24, 2.45) is 5.84 Å². The molecule has 0 radical (unpaired) electrons. The first-order chi connectivity index (χ1) is 7.52. The van der Waals surface area contributed by atoms with Crippen LogP contribution in [0.2, 0.25) is 0 Å². The summed E-state index contributed by atoms with van der Waals surface area (Å²) < 4.78 is 0. The van der Waals surface area contributed by atoms with Gasteiger partial charge in [0.15, 0.2) is 0 Å². The number of rotatable bonds is 3. The Morgan fingerprint density at radius 3 is 2.62 bits per heavy atom. The number of hydrogen-bond donors (Lipinski definition) is 3. The number of carbonyl (C=O) groups is 2. The molecule has 2 amide bonds. The van der Waals surface area contributed by atoms with Crippen LogP contribution in [0.15, 0.2) is 12.1 Å². The minimum Gasteiger partial charge on any atom is -0.345 e. The fourth-order valence-electron chi connectivity index (χ4n) is 1.30. The molecule has 6 heteroatoms. The molecule has 0 aromatic carbocycles. The standard InChI is InChI=1S/C10H15N3O2S/c1-6(12-9(14)10(15)13-11)5-8-4-3-7(2)16-8/h3-4,6H,5,11H2,1-2H3,(H,12,14)(H,13,15). The van der Waals surface area contributed by atoms with E-state index in [1.54, 1.807) is 16.8 Å². The molecule has 0 spiro atoms. The predicted molar refractivity (Wildman–Crippen MR) is 62.7 cm³/mol. The van der Waals surface area contributed by atoms with E-state index in [1.165, 1.54) is 9.75 Å². The number of carbonyl (C=O) groups excluding carboxylic acids is 2. The maximum Gasteiger partial charge on any atom is 0.323 e. The Morgan fingerprint density at radius 2 is 2.12 bits per heavy atom. The largest absolute Gasteiger partial charge is 0.345 e. The molecule has 1 rings (SSSR count). The molecule has 88 valence electrons. The van der Waals surface area contributed by atoms with E-state index in [2.05, 4.69) is 5.32 Å². The smallest absolute Gasteiger partial charge is 0.323 e. The summed E-state index contributed by atoms with van der Waals surface area (Å²) in [6.07, 6.45) is 0.710. The Kier molecular flexibility index (Phi) is 4.45. The van der Waals surface area contributed by atoms with Crippen LogP contribution in [-0.2, 0) is 16.0 Å². The Bertz CT molecular complexity index is 389. The third-order valence-corrected chi connectivity index (χ3v) is 3.04. The summed E-state index contributed by atoms with van der Waals surface area (Å²) in [4.78, 5) is 24.4. The summed E-state index contributed by atoms with van der Waals surface area (Å²) in [6, 6.07) is 3.95. The Hall–Kier alpha value is -1.40. The fraction of sp³-hybridized carbons (Fsp3) is 0.400. The average Bonchev–Trinajstić information content (AvgIpc) is 2.62. The molecule has 1 heterocycles. The molecule has 0 aliphatic carbocycles. The molecule has 0 aliphatic heterocycles. The van der Waals surface area contributed by atoms with Gasteiger partial charge >= 0.3 is 11.8 Å². The zero-order valence-corrected chi connectivity index (χ0v) is 10.1. The predicted octanol–water partition coefficient (Wildman–Crippen LogP) is 0.0936. The second-order valence-electron chi connectivity index (χ2n) is 3.56. The normalized spacial score (nSPS) is 11.9. The molecule has 0 fully saturated rings. The first-order valence-corrected chi connectivity index (χ1v) is 5.71. The number of amides is 2. The second kappa shape index (κ2) is 5.62. The molecule has 5 nitrogen and oxygen atoms in total. The van der Waals surface area contributed by atoms with Gasteiger partial charge in [-0.25, -0.2) is 5.84 Å². The molecule has 16 heavy (non-hydrogen) atoms. The lowest BCUT2D eigenvalue weighted by Gasteiger charge is -2.11. The van der Waals surface area contributed by atoms with Gasteiger partial charge < -0.3 is 5.32 Å². The third-order valence-electron chi connectivity index (χ3n) is 2.02. The van der Waals surface area contributed by atoms with Gasteiger partial charge in [-0.2, -0.15) is 0 Å². The summed E-state index contributed by atoms with van der Waals surface area (Å²) in [5.41, 5.74) is 1.79. The van der Waals surface area contributed by atoms with Crippen molar-refractivity contribution >= 4 is 23.2 Å². The second-order valence-corrected chi connectivity index (χ2v) is 4.94. The first-order valence-electron chi connectivity index (χ1n) is 4.89. The number of aryl methyl sites for hydroxylation is 1. The van der Waals surface area contributed by atoms with E-state index in [9.17, 15) is 9.59 Å². The number of hydrazine groups is 1. The SMILES string of the molecule is Cc1ccc(CC(C)NC(=O)C(=O)NN)s1. The molecule has 1 atom stereocenters. The van der Waals surface area contributed by atoms with Gasteiger partial charge in [-0.15, -0.1) is 11.3 Å². The van der Waals surface area contributed by atoms with Crippen LogP contribution in [0.3, 0.4) is 0 Å². The van der Waals surface area contributed by atoms with Gasteiger partial charge in [0.05, 0.1) is 0 Å². The van der Waals surface area contributed by atoms with Crippen LogP contribution in [0.4, 0.5) is 0 Å². The van der Waals surface area contributed by atoms with Gasteiger partial charge in [0.25, 0.3) is 0 Å². The molecule has 0 aliphatic rings. The van der Waals surface area contributed by atoms with E-state index in [1.807, 2.05) is 26.0 Å². The lowest BCUT2D eigenvalue weighted by Crippen LogP contribution is -2.46. The van der Waals surface area contributed by atoms with Crippen LogP contribution in [0.25, 0.3) is 0 Å². The number of nitrogens with one attached hydrogen (secondary N) is 2. The summed E-state index contributed by atoms with van der Waals surface area (Å²) in [5, 5.41) is 2.56. The zero-order chi connectivity index (χ0) is 12.1. The van der Waals surface area contributed by atoms with E-state index in [4.69, 9.17) is 5.84 Å². The highest BCUT2D eigenvalue weighted by molar-refractivity contribution is 7.11. The van der Waals surface area contributed by atoms with Crippen molar-refractivity contribution in [3.63, 3.8) is 0 Å². The van der Waals surface area contributed by atoms with Crippen LogP contribution in [0.1, 0.15) is 16.7 Å². The van der Waals surface area contributed by atoms with Crippen molar-refractivity contribution in [3.05, 3.63) is 21.9 Å². The maximum atomic E-state index is 11.2. The van der Waals surface area contributed by atoms with Crippen molar-refractivity contribution in [1.82, 2.24) is 10.7 Å². The molecule has 0 saturated carbocycles. The average molecular weight is 241 g/mol. The number of nitrogens with two attached hydrogens (primary N) is 1. The van der Waals surface area contributed by atoms with Crippen LogP contribution in [0.5, 0.6) is 0 Å². The van der Waals surface area contributed by atoms with Gasteiger partial charge in [0, 0.05) is 22.2 Å². The van der Waals surface area contributed by atoms with Crippen molar-refractivity contribution < 1.29 is 9.59 Å². The lowest BCUT2D eigenvalue weighted by atomic mass is 10.2. The summed E-state index contributed by atoms with van der Waals surface area (Å²) in [7, 11) is 0. The van der Waals surface area contributed by atoms with Gasteiger partial charge in [-0.3, -0.25) is 15.0 Å². The molecule has 1 aromatic rings. The van der Waals surface area contributed by atoms with Crippen molar-refractivity contribution in [1.29, 1.82) is 0 Å². The summed E-state index contributed by atoms with van der Waals surface area (Å²) in [5.74, 6) is 3.32. The summed E-state index contributed by atoms with van der Waals surface area (Å²) >= 11 is 1.68. The van der Waals surface area contributed by atoms with Gasteiger partial charge in [-0.1, -0.05) is 0 Å². The van der Waals surface area contributed by atoms with E-state index >= 15 is 0 Å². The highest BCUT2D eigenvalue weighted by Crippen LogP contribution is 2.16. The third kappa shape index (κ3) is 3.63. The Morgan fingerprint density at radius 1 is 1.44 bits per heavy atom. The van der Waals surface area contributed by atoms with E-state index in [0.29, 0.717) is 6.42 Å². The molecule has 1 aromatic heterocycles. The molecular formula is C10H15N3O2S. The van der Waals surface area contributed by atoms with Gasteiger partial charge in [-0.05, 0) is 26.0 Å². The van der Waals surface area contributed by atoms with Crippen LogP contribution < -0.4 is 16.6 Å². The highest BCUT2D eigenvalue weighted by Gasteiger charge is 2.15. The van der Waals surface area contributed by atoms with E-state index < -0.39 is 11.8 Å². The number of hydrogen-bond acceptors (Lipinski definition) is 4. The van der Waals surface area contributed by atoms with Crippen LogP contribution >= 0.6 is 11.3 Å². The van der Waals surface area contributed by atoms with Gasteiger partial charge in [0.2, 0.25) is 0 Å². The lowest BCUT2D eigenvalue weighted by molar-refractivity contribution is -0.139. The minimum absolute atomic E-state index is 0.0946. The minimum atomic E-state index is -0.825. The van der Waals surface area contributed by atoms with E-state index in [0.717, 1.165) is 0 Å². The molecule has 1 unspecified atom stereocenters. The van der Waals surface area contributed by atoms with Crippen molar-refractivity contribution in [2.45, 2.75) is 26.3 Å². The fourth-order valence-corrected chi connectivity index (χ4v) is 2.32. The number of thiophene rings is 1. The highest BCUT2D eigenvalue weighted by atomic mass is 32.1. The van der Waals surface area contributed by atoms with Crippen molar-refractivity contribution in [2.75, 3.05) is 0 Å². The summed E-state index contributed by atoms with van der Waals surface area (Å²) in [6.45, 7) is 3.87. The Balaban J connectivity index is 2.44. The Labute approximate surface area is 98.0 Å².